The first kappa shape index (κ1) is 19.1. The second-order valence-corrected chi connectivity index (χ2v) is 7.13. The number of hydrogen-bond acceptors (Lipinski definition) is 5. The summed E-state index contributed by atoms with van der Waals surface area (Å²) in [4.78, 5) is 23.4. The Labute approximate surface area is 161 Å². The van der Waals surface area contributed by atoms with Crippen LogP contribution in [-0.4, -0.2) is 42.1 Å². The maximum absolute atomic E-state index is 12.7. The predicted molar refractivity (Wildman–Crippen MR) is 106 cm³/mol. The lowest BCUT2D eigenvalue weighted by atomic mass is 9.96. The highest BCUT2D eigenvalue weighted by atomic mass is 16.5. The van der Waals surface area contributed by atoms with Crippen molar-refractivity contribution in [2.24, 2.45) is 5.92 Å². The average Bonchev–Trinajstić information content (AvgIpc) is 2.73. The van der Waals surface area contributed by atoms with Crippen LogP contribution in [0.1, 0.15) is 31.7 Å². The molecule has 1 N–H and O–H groups in total. The highest BCUT2D eigenvalue weighted by Gasteiger charge is 2.27. The zero-order valence-corrected chi connectivity index (χ0v) is 16.1. The molecule has 0 radical (unpaired) electrons. The molecule has 2 atom stereocenters. The van der Waals surface area contributed by atoms with Crippen LogP contribution in [0.25, 0.3) is 0 Å². The molecule has 0 unspecified atom stereocenters. The molecule has 0 aliphatic carbocycles. The molecule has 3 rings (SSSR count). The number of piperidine rings is 1. The smallest absolute Gasteiger partial charge is 0.225 e. The molecule has 0 saturated carbocycles. The molecule has 1 fully saturated rings. The molecule has 2 heterocycles. The molecule has 6 nitrogen and oxygen atoms in total. The molecule has 1 aliphatic rings. The zero-order valence-electron chi connectivity index (χ0n) is 16.1. The summed E-state index contributed by atoms with van der Waals surface area (Å²) in [5.41, 5.74) is 1.25. The summed E-state index contributed by atoms with van der Waals surface area (Å²) in [6.45, 7) is 3.66. The Balaban J connectivity index is 1.47. The largest absolute Gasteiger partial charge is 0.497 e. The number of nitrogens with zero attached hydrogens (tertiary/aromatic N) is 3. The average molecular weight is 368 g/mol. The Bertz CT molecular complexity index is 721. The molecule has 0 bridgehead atoms. The van der Waals surface area contributed by atoms with E-state index < -0.39 is 0 Å². The van der Waals surface area contributed by atoms with Crippen LogP contribution < -0.4 is 15.0 Å². The molecule has 2 aromatic rings. The third-order valence-electron chi connectivity index (χ3n) is 5.04. The topological polar surface area (TPSA) is 67.3 Å². The standard InChI is InChI=1S/C21H28N4O2/c1-16(6-7-17-8-10-19(27-2)11-9-17)24-20(26)18-5-3-14-25(15-18)21-22-12-4-13-23-21/h4,8-13,16,18H,3,5-7,14-15H2,1-2H3,(H,24,26)/t16-,18+/m1/s1. The molecular formula is C21H28N4O2. The van der Waals surface area contributed by atoms with E-state index in [-0.39, 0.29) is 17.9 Å². The van der Waals surface area contributed by atoms with Gasteiger partial charge in [-0.25, -0.2) is 9.97 Å². The first-order valence-electron chi connectivity index (χ1n) is 9.61. The van der Waals surface area contributed by atoms with Gasteiger partial charge in [0.1, 0.15) is 5.75 Å². The predicted octanol–water partition coefficient (Wildman–Crippen LogP) is 2.84. The van der Waals surface area contributed by atoms with Crippen molar-refractivity contribution in [1.82, 2.24) is 15.3 Å². The third kappa shape index (κ3) is 5.42. The van der Waals surface area contributed by atoms with Crippen LogP contribution in [0, 0.1) is 5.92 Å². The Kier molecular flexibility index (Phi) is 6.63. The van der Waals surface area contributed by atoms with Crippen LogP contribution in [0.2, 0.25) is 0 Å². The van der Waals surface area contributed by atoms with Crippen molar-refractivity contribution < 1.29 is 9.53 Å². The lowest BCUT2D eigenvalue weighted by Crippen LogP contribution is -2.45. The quantitative estimate of drug-likeness (QED) is 0.814. The van der Waals surface area contributed by atoms with Gasteiger partial charge in [-0.3, -0.25) is 4.79 Å². The van der Waals surface area contributed by atoms with Crippen LogP contribution in [0.3, 0.4) is 0 Å². The van der Waals surface area contributed by atoms with Crippen molar-refractivity contribution >= 4 is 11.9 Å². The number of benzene rings is 1. The number of nitrogens with one attached hydrogen (secondary N) is 1. The monoisotopic (exact) mass is 368 g/mol. The van der Waals surface area contributed by atoms with Crippen LogP contribution in [0.4, 0.5) is 5.95 Å². The summed E-state index contributed by atoms with van der Waals surface area (Å²) in [7, 11) is 1.67. The zero-order chi connectivity index (χ0) is 19.1. The summed E-state index contributed by atoms with van der Waals surface area (Å²) in [6, 6.07) is 10.0. The normalized spacial score (nSPS) is 18.0. The molecule has 1 saturated heterocycles. The molecular weight excluding hydrogens is 340 g/mol. The van der Waals surface area contributed by atoms with E-state index in [1.165, 1.54) is 5.56 Å². The molecule has 1 aliphatic heterocycles. The van der Waals surface area contributed by atoms with Crippen molar-refractivity contribution in [1.29, 1.82) is 0 Å². The van der Waals surface area contributed by atoms with Crippen molar-refractivity contribution in [2.45, 2.75) is 38.6 Å². The summed E-state index contributed by atoms with van der Waals surface area (Å²) in [5, 5.41) is 3.18. The number of carbonyl (C=O) groups is 1. The second kappa shape index (κ2) is 9.35. The maximum Gasteiger partial charge on any atom is 0.225 e. The third-order valence-corrected chi connectivity index (χ3v) is 5.04. The molecule has 6 heteroatoms. The van der Waals surface area contributed by atoms with Crippen molar-refractivity contribution in [3.8, 4) is 5.75 Å². The minimum Gasteiger partial charge on any atom is -0.497 e. The van der Waals surface area contributed by atoms with Gasteiger partial charge in [-0.1, -0.05) is 12.1 Å². The summed E-state index contributed by atoms with van der Waals surface area (Å²) in [5.74, 6) is 1.70. The van der Waals surface area contributed by atoms with Crippen molar-refractivity contribution in [3.05, 3.63) is 48.3 Å². The van der Waals surface area contributed by atoms with E-state index in [1.807, 2.05) is 18.2 Å². The van der Waals surface area contributed by atoms with Crippen LogP contribution in [0.15, 0.2) is 42.7 Å². The number of aryl methyl sites for hydroxylation is 1. The fraction of sp³-hybridized carbons (Fsp3) is 0.476. The number of methoxy groups -OCH3 is 1. The van der Waals surface area contributed by atoms with Gasteiger partial charge in [0.2, 0.25) is 11.9 Å². The first-order valence-corrected chi connectivity index (χ1v) is 9.61. The number of carbonyl (C=O) groups excluding carboxylic acids is 1. The van der Waals surface area contributed by atoms with Gasteiger partial charge in [0.25, 0.3) is 0 Å². The van der Waals surface area contributed by atoms with Gasteiger partial charge in [-0.2, -0.15) is 0 Å². The number of anilines is 1. The Morgan fingerprint density at radius 2 is 2.04 bits per heavy atom. The van der Waals surface area contributed by atoms with E-state index in [1.54, 1.807) is 19.5 Å². The number of rotatable bonds is 7. The van der Waals surface area contributed by atoms with E-state index >= 15 is 0 Å². The van der Waals surface area contributed by atoms with E-state index in [0.29, 0.717) is 12.5 Å². The van der Waals surface area contributed by atoms with E-state index in [0.717, 1.165) is 38.0 Å². The number of hydrogen-bond donors (Lipinski definition) is 1. The number of aromatic nitrogens is 2. The lowest BCUT2D eigenvalue weighted by molar-refractivity contribution is -0.125. The lowest BCUT2D eigenvalue weighted by Gasteiger charge is -2.32. The minimum absolute atomic E-state index is 0.00834. The summed E-state index contributed by atoms with van der Waals surface area (Å²) < 4.78 is 5.19. The maximum atomic E-state index is 12.7. The van der Waals surface area contributed by atoms with Gasteiger partial charge in [0.15, 0.2) is 0 Å². The number of amides is 1. The van der Waals surface area contributed by atoms with Crippen LogP contribution in [0.5, 0.6) is 5.75 Å². The molecule has 1 aromatic heterocycles. The summed E-state index contributed by atoms with van der Waals surface area (Å²) >= 11 is 0. The van der Waals surface area contributed by atoms with Gasteiger partial charge in [-0.05, 0) is 56.4 Å². The van der Waals surface area contributed by atoms with Gasteiger partial charge in [0, 0.05) is 31.5 Å². The molecule has 0 spiro atoms. The van der Waals surface area contributed by atoms with Gasteiger partial charge >= 0.3 is 0 Å². The Morgan fingerprint density at radius 3 is 2.74 bits per heavy atom. The van der Waals surface area contributed by atoms with Crippen LogP contribution in [-0.2, 0) is 11.2 Å². The van der Waals surface area contributed by atoms with Crippen LogP contribution >= 0.6 is 0 Å². The van der Waals surface area contributed by atoms with Gasteiger partial charge < -0.3 is 15.0 Å². The highest BCUT2D eigenvalue weighted by Crippen LogP contribution is 2.20. The fourth-order valence-electron chi connectivity index (χ4n) is 3.44. The number of ether oxygens (including phenoxy) is 1. The SMILES string of the molecule is COc1ccc(CC[C@@H](C)NC(=O)[C@H]2CCCN(c3ncccn3)C2)cc1. The summed E-state index contributed by atoms with van der Waals surface area (Å²) in [6.07, 6.45) is 7.23. The molecule has 1 aromatic carbocycles. The van der Waals surface area contributed by atoms with E-state index in [2.05, 4.69) is 39.2 Å². The van der Waals surface area contributed by atoms with Crippen molar-refractivity contribution in [3.63, 3.8) is 0 Å². The highest BCUT2D eigenvalue weighted by molar-refractivity contribution is 5.79. The van der Waals surface area contributed by atoms with E-state index in [9.17, 15) is 4.79 Å². The van der Waals surface area contributed by atoms with Gasteiger partial charge in [0.05, 0.1) is 13.0 Å². The van der Waals surface area contributed by atoms with E-state index in [4.69, 9.17) is 4.74 Å². The fourth-order valence-corrected chi connectivity index (χ4v) is 3.44. The Hall–Kier alpha value is -2.63. The first-order chi connectivity index (χ1) is 13.2. The van der Waals surface area contributed by atoms with Gasteiger partial charge in [-0.15, -0.1) is 0 Å². The minimum atomic E-state index is -0.00834. The molecule has 144 valence electrons. The Morgan fingerprint density at radius 1 is 1.30 bits per heavy atom. The molecule has 1 amide bonds. The second-order valence-electron chi connectivity index (χ2n) is 7.13. The van der Waals surface area contributed by atoms with Crippen molar-refractivity contribution in [2.75, 3.05) is 25.1 Å². The molecule has 27 heavy (non-hydrogen) atoms.